The molecule has 27 heavy (non-hydrogen) atoms. The minimum atomic E-state index is -3.67. The fourth-order valence-electron chi connectivity index (χ4n) is 6.37. The summed E-state index contributed by atoms with van der Waals surface area (Å²) < 4.78 is 27.4. The van der Waals surface area contributed by atoms with Gasteiger partial charge in [0.25, 0.3) is 0 Å². The molecule has 0 aromatic carbocycles. The van der Waals surface area contributed by atoms with Gasteiger partial charge in [-0.15, -0.1) is 6.58 Å². The van der Waals surface area contributed by atoms with Crippen LogP contribution in [0.1, 0.15) is 66.7 Å². The van der Waals surface area contributed by atoms with Crippen LogP contribution in [-0.2, 0) is 14.8 Å². The van der Waals surface area contributed by atoms with Gasteiger partial charge in [0.15, 0.2) is 0 Å². The van der Waals surface area contributed by atoms with E-state index >= 15 is 0 Å². The molecular weight excluding hydrogens is 362 g/mol. The average molecular weight is 398 g/mol. The van der Waals surface area contributed by atoms with Crippen molar-refractivity contribution >= 4 is 15.9 Å². The first-order valence-corrected chi connectivity index (χ1v) is 11.9. The quantitative estimate of drug-likeness (QED) is 0.698. The Morgan fingerprint density at radius 3 is 2.56 bits per heavy atom. The number of amides is 1. The molecule has 5 nitrogen and oxygen atoms in total. The Morgan fingerprint density at radius 2 is 2.04 bits per heavy atom. The van der Waals surface area contributed by atoms with Gasteiger partial charge in [-0.1, -0.05) is 47.1 Å². The molecule has 2 aliphatic carbocycles. The molecule has 0 aromatic heterocycles. The average Bonchev–Trinajstić information content (AvgIpc) is 3.07. The first-order chi connectivity index (χ1) is 12.4. The number of hydrogen-bond acceptors (Lipinski definition) is 4. The van der Waals surface area contributed by atoms with Crippen LogP contribution in [-0.4, -0.2) is 41.1 Å². The van der Waals surface area contributed by atoms with Crippen molar-refractivity contribution in [1.82, 2.24) is 4.31 Å². The highest BCUT2D eigenvalue weighted by Crippen LogP contribution is 2.70. The molecule has 1 saturated heterocycles. The van der Waals surface area contributed by atoms with Gasteiger partial charge in [-0.25, -0.2) is 12.7 Å². The van der Waals surface area contributed by atoms with E-state index in [-0.39, 0.29) is 35.0 Å². The molecule has 3 rings (SSSR count). The Labute approximate surface area is 164 Å². The van der Waals surface area contributed by atoms with Crippen molar-refractivity contribution in [1.29, 1.82) is 0 Å². The third kappa shape index (κ3) is 2.58. The van der Waals surface area contributed by atoms with Crippen LogP contribution < -0.4 is 0 Å². The highest BCUT2D eigenvalue weighted by molar-refractivity contribution is 7.90. The molecular formula is C21H35NO4S. The number of carbonyl (C=O) groups is 1. The van der Waals surface area contributed by atoms with E-state index in [9.17, 15) is 18.3 Å². The van der Waals surface area contributed by atoms with Gasteiger partial charge in [0.2, 0.25) is 15.9 Å². The zero-order chi connectivity index (χ0) is 20.4. The molecule has 154 valence electrons. The van der Waals surface area contributed by atoms with Gasteiger partial charge in [0.05, 0.1) is 23.3 Å². The lowest BCUT2D eigenvalue weighted by molar-refractivity contribution is -0.146. The summed E-state index contributed by atoms with van der Waals surface area (Å²) in [6, 6.07) is -0.254. The molecule has 3 aliphatic rings. The molecule has 0 radical (unpaired) electrons. The Kier molecular flexibility index (Phi) is 4.87. The highest BCUT2D eigenvalue weighted by Gasteiger charge is 2.72. The summed E-state index contributed by atoms with van der Waals surface area (Å²) in [6.07, 6.45) is 5.27. The monoisotopic (exact) mass is 397 g/mol. The van der Waals surface area contributed by atoms with Crippen LogP contribution in [0.15, 0.2) is 12.7 Å². The second kappa shape index (κ2) is 6.31. The summed E-state index contributed by atoms with van der Waals surface area (Å²) in [7, 11) is -3.67. The Hall–Kier alpha value is -0.880. The summed E-state index contributed by atoms with van der Waals surface area (Å²) in [5.74, 6) is -0.839. The molecule has 6 heteroatoms. The SMILES string of the molecule is C=CC[C@](O)([C@@H](C)CC)[C@@H](C)C(=O)N1[C@@H]2C[C@H]3CC[C@]2(CS1(=O)=O)C3(C)C. The summed E-state index contributed by atoms with van der Waals surface area (Å²) in [5.41, 5.74) is -1.69. The Morgan fingerprint density at radius 1 is 1.41 bits per heavy atom. The van der Waals surface area contributed by atoms with Crippen LogP contribution in [0.5, 0.6) is 0 Å². The first kappa shape index (κ1) is 20.8. The molecule has 2 bridgehead atoms. The maximum atomic E-state index is 13.5. The van der Waals surface area contributed by atoms with Gasteiger partial charge in [-0.2, -0.15) is 0 Å². The van der Waals surface area contributed by atoms with Gasteiger partial charge >= 0.3 is 0 Å². The Bertz CT molecular complexity index is 745. The van der Waals surface area contributed by atoms with Crippen molar-refractivity contribution in [2.24, 2.45) is 28.6 Å². The molecule has 1 heterocycles. The summed E-state index contributed by atoms with van der Waals surface area (Å²) in [6.45, 7) is 13.6. The van der Waals surface area contributed by atoms with Crippen LogP contribution in [0, 0.1) is 28.6 Å². The number of hydrogen-bond donors (Lipinski definition) is 1. The minimum absolute atomic E-state index is 0.0653. The zero-order valence-electron chi connectivity index (χ0n) is 17.4. The third-order valence-corrected chi connectivity index (χ3v) is 10.6. The number of rotatable bonds is 6. The molecule has 1 spiro atoms. The van der Waals surface area contributed by atoms with Crippen molar-refractivity contribution in [3.63, 3.8) is 0 Å². The molecule has 3 fully saturated rings. The van der Waals surface area contributed by atoms with Crippen molar-refractivity contribution in [3.05, 3.63) is 12.7 Å². The third-order valence-electron chi connectivity index (χ3n) is 8.69. The maximum absolute atomic E-state index is 13.5. The van der Waals surface area contributed by atoms with Crippen LogP contribution >= 0.6 is 0 Å². The number of fused-ring (bicyclic) bond motifs is 1. The predicted molar refractivity (Wildman–Crippen MR) is 106 cm³/mol. The zero-order valence-corrected chi connectivity index (χ0v) is 18.2. The molecule has 6 atom stereocenters. The fraction of sp³-hybridized carbons (Fsp3) is 0.857. The molecule has 2 saturated carbocycles. The van der Waals surface area contributed by atoms with Gasteiger partial charge in [-0.3, -0.25) is 4.79 Å². The Balaban J connectivity index is 1.98. The summed E-state index contributed by atoms with van der Waals surface area (Å²) in [4.78, 5) is 13.5. The molecule has 0 unspecified atom stereocenters. The van der Waals surface area contributed by atoms with Gasteiger partial charge in [0, 0.05) is 5.41 Å². The van der Waals surface area contributed by atoms with Crippen LogP contribution in [0.4, 0.5) is 0 Å². The molecule has 1 N–H and O–H groups in total. The van der Waals surface area contributed by atoms with E-state index < -0.39 is 27.4 Å². The second-order valence-corrected chi connectivity index (χ2v) is 11.6. The smallest absolute Gasteiger partial charge is 0.242 e. The normalized spacial score (nSPS) is 37.5. The second-order valence-electron chi connectivity index (χ2n) is 9.77. The van der Waals surface area contributed by atoms with E-state index in [1.165, 1.54) is 4.31 Å². The maximum Gasteiger partial charge on any atom is 0.242 e. The van der Waals surface area contributed by atoms with E-state index in [4.69, 9.17) is 0 Å². The van der Waals surface area contributed by atoms with E-state index in [0.29, 0.717) is 12.3 Å². The topological polar surface area (TPSA) is 74.7 Å². The van der Waals surface area contributed by atoms with Crippen LogP contribution in [0.2, 0.25) is 0 Å². The molecule has 1 amide bonds. The first-order valence-electron chi connectivity index (χ1n) is 10.3. The van der Waals surface area contributed by atoms with E-state index in [1.807, 2.05) is 13.8 Å². The largest absolute Gasteiger partial charge is 0.388 e. The highest BCUT2D eigenvalue weighted by atomic mass is 32.2. The van der Waals surface area contributed by atoms with Crippen molar-refractivity contribution in [2.45, 2.75) is 78.4 Å². The summed E-state index contributed by atoms with van der Waals surface area (Å²) in [5, 5.41) is 11.3. The van der Waals surface area contributed by atoms with Crippen LogP contribution in [0.3, 0.4) is 0 Å². The van der Waals surface area contributed by atoms with Gasteiger partial charge in [0.1, 0.15) is 0 Å². The number of nitrogens with zero attached hydrogens (tertiary/aromatic N) is 1. The van der Waals surface area contributed by atoms with E-state index in [2.05, 4.69) is 20.4 Å². The lowest BCUT2D eigenvalue weighted by Gasteiger charge is -2.41. The van der Waals surface area contributed by atoms with Crippen molar-refractivity contribution < 1.29 is 18.3 Å². The minimum Gasteiger partial charge on any atom is -0.388 e. The lowest BCUT2D eigenvalue weighted by Crippen LogP contribution is -2.53. The summed E-state index contributed by atoms with van der Waals surface area (Å²) >= 11 is 0. The van der Waals surface area contributed by atoms with Crippen molar-refractivity contribution in [3.8, 4) is 0 Å². The molecule has 1 aliphatic heterocycles. The lowest BCUT2D eigenvalue weighted by atomic mass is 9.68. The van der Waals surface area contributed by atoms with E-state index in [0.717, 1.165) is 19.3 Å². The van der Waals surface area contributed by atoms with Gasteiger partial charge in [-0.05, 0) is 42.9 Å². The number of sulfonamides is 1. The van der Waals surface area contributed by atoms with E-state index in [1.54, 1.807) is 13.0 Å². The van der Waals surface area contributed by atoms with Gasteiger partial charge < -0.3 is 5.11 Å². The number of aliphatic hydroxyl groups is 1. The molecule has 0 aromatic rings. The van der Waals surface area contributed by atoms with Crippen LogP contribution in [0.25, 0.3) is 0 Å². The fourth-order valence-corrected chi connectivity index (χ4v) is 8.98. The standard InChI is InChI=1S/C21H35NO4S/c1-7-10-21(24,14(3)8-2)15(4)18(23)22-17-12-16-9-11-20(17,19(16,5)6)13-27(22,25)26/h7,14-17,24H,1,8-13H2,2-6H3/t14-,15-,16+,17+,20+,21-/m0/s1. The van der Waals surface area contributed by atoms with Crippen molar-refractivity contribution in [2.75, 3.05) is 5.75 Å². The predicted octanol–water partition coefficient (Wildman–Crippen LogP) is 3.34. The number of carbonyl (C=O) groups excluding carboxylic acids is 1.